The largest absolute Gasteiger partial charge is 0.480 e. The van der Waals surface area contributed by atoms with Crippen LogP contribution in [0.3, 0.4) is 0 Å². The van der Waals surface area contributed by atoms with Crippen molar-refractivity contribution >= 4 is 35.5 Å². The molecule has 0 radical (unpaired) electrons. The predicted molar refractivity (Wildman–Crippen MR) is 73.2 cm³/mol. The zero-order valence-electron chi connectivity index (χ0n) is 10.3. The molecule has 0 aromatic heterocycles. The van der Waals surface area contributed by atoms with Gasteiger partial charge in [0, 0.05) is 0 Å². The van der Waals surface area contributed by atoms with Crippen LogP contribution in [0.15, 0.2) is 10.3 Å². The maximum Gasteiger partial charge on any atom is 0.342 e. The molecule has 100 valence electrons. The van der Waals surface area contributed by atoms with E-state index in [1.807, 2.05) is 6.26 Å². The summed E-state index contributed by atoms with van der Waals surface area (Å²) in [6, 6.07) is -0.713. The number of carboxylic acids is 2. The first kappa shape index (κ1) is 18.7. The SMILES string of the molecule is CC(C)[C@H](N)C(=O)O.CS/C=C(/SC)C(=O)O. The normalized spacial score (nSPS) is 12.7. The van der Waals surface area contributed by atoms with Gasteiger partial charge in [-0.25, -0.2) is 4.79 Å². The number of hydrogen-bond acceptors (Lipinski definition) is 5. The van der Waals surface area contributed by atoms with Gasteiger partial charge in [-0.15, -0.1) is 23.5 Å². The lowest BCUT2D eigenvalue weighted by Crippen LogP contribution is -2.34. The second kappa shape index (κ2) is 10.5. The molecule has 0 spiro atoms. The molecule has 4 N–H and O–H groups in total. The molecular weight excluding hydrogens is 262 g/mol. The molecule has 0 unspecified atom stereocenters. The van der Waals surface area contributed by atoms with Gasteiger partial charge in [0.15, 0.2) is 0 Å². The van der Waals surface area contributed by atoms with E-state index in [9.17, 15) is 9.59 Å². The van der Waals surface area contributed by atoms with Crippen LogP contribution >= 0.6 is 23.5 Å². The molecule has 0 aliphatic rings. The molecule has 0 saturated carbocycles. The van der Waals surface area contributed by atoms with Gasteiger partial charge in [-0.2, -0.15) is 0 Å². The Balaban J connectivity index is 0. The van der Waals surface area contributed by atoms with Gasteiger partial charge in [0.1, 0.15) is 6.04 Å². The Morgan fingerprint density at radius 2 is 1.71 bits per heavy atom. The molecule has 7 heteroatoms. The molecule has 0 saturated heterocycles. The van der Waals surface area contributed by atoms with Crippen molar-refractivity contribution in [3.05, 3.63) is 10.3 Å². The molecule has 5 nitrogen and oxygen atoms in total. The molecule has 17 heavy (non-hydrogen) atoms. The third kappa shape index (κ3) is 10.2. The molecule has 0 bridgehead atoms. The minimum Gasteiger partial charge on any atom is -0.480 e. The van der Waals surface area contributed by atoms with Crippen LogP contribution in [0.5, 0.6) is 0 Å². The van der Waals surface area contributed by atoms with E-state index in [1.165, 1.54) is 23.5 Å². The first-order valence-electron chi connectivity index (χ1n) is 4.76. The highest BCUT2D eigenvalue weighted by molar-refractivity contribution is 8.06. The minimum absolute atomic E-state index is 0.0208. The second-order valence-corrected chi connectivity index (χ2v) is 4.89. The number of thioether (sulfide) groups is 2. The molecule has 0 aromatic carbocycles. The maximum absolute atomic E-state index is 10.2. The van der Waals surface area contributed by atoms with Crippen LogP contribution in [-0.4, -0.2) is 40.7 Å². The van der Waals surface area contributed by atoms with E-state index in [0.29, 0.717) is 4.91 Å². The summed E-state index contributed by atoms with van der Waals surface area (Å²) in [5.41, 5.74) is 5.16. The van der Waals surface area contributed by atoms with Crippen LogP contribution in [0.2, 0.25) is 0 Å². The number of aliphatic carboxylic acids is 2. The zero-order chi connectivity index (χ0) is 14.0. The van der Waals surface area contributed by atoms with Crippen molar-refractivity contribution in [2.75, 3.05) is 12.5 Å². The number of hydrogen-bond donors (Lipinski definition) is 3. The quantitative estimate of drug-likeness (QED) is 0.659. The minimum atomic E-state index is -0.931. The van der Waals surface area contributed by atoms with Crippen molar-refractivity contribution < 1.29 is 19.8 Å². The Bertz CT molecular complexity index is 279. The molecule has 0 amide bonds. The summed E-state index contributed by atoms with van der Waals surface area (Å²) < 4.78 is 0. The van der Waals surface area contributed by atoms with Crippen molar-refractivity contribution in [1.29, 1.82) is 0 Å². The third-order valence-corrected chi connectivity index (χ3v) is 3.01. The first-order valence-corrected chi connectivity index (χ1v) is 7.27. The summed E-state index contributed by atoms with van der Waals surface area (Å²) in [6.45, 7) is 3.55. The van der Waals surface area contributed by atoms with Gasteiger partial charge >= 0.3 is 11.9 Å². The fraction of sp³-hybridized carbons (Fsp3) is 0.600. The van der Waals surface area contributed by atoms with Crippen molar-refractivity contribution in [3.63, 3.8) is 0 Å². The van der Waals surface area contributed by atoms with E-state index in [2.05, 4.69) is 0 Å². The highest BCUT2D eigenvalue weighted by Gasteiger charge is 2.14. The molecular formula is C10H19NO4S2. The number of carboxylic acid groups (broad SMARTS) is 2. The van der Waals surface area contributed by atoms with Crippen molar-refractivity contribution in [2.45, 2.75) is 19.9 Å². The van der Waals surface area contributed by atoms with Crippen LogP contribution in [0.25, 0.3) is 0 Å². The monoisotopic (exact) mass is 281 g/mol. The van der Waals surface area contributed by atoms with Crippen LogP contribution in [0, 0.1) is 5.92 Å². The van der Waals surface area contributed by atoms with Crippen LogP contribution in [0.1, 0.15) is 13.8 Å². The topological polar surface area (TPSA) is 101 Å². The molecule has 0 aromatic rings. The van der Waals surface area contributed by atoms with Gasteiger partial charge in [0.2, 0.25) is 0 Å². The second-order valence-electron chi connectivity index (χ2n) is 3.34. The number of nitrogens with two attached hydrogens (primary N) is 1. The fourth-order valence-corrected chi connectivity index (χ4v) is 1.74. The zero-order valence-corrected chi connectivity index (χ0v) is 12.0. The summed E-state index contributed by atoms with van der Waals surface area (Å²) in [6.07, 6.45) is 3.58. The van der Waals surface area contributed by atoms with Crippen molar-refractivity contribution in [2.24, 2.45) is 11.7 Å². The van der Waals surface area contributed by atoms with Crippen LogP contribution in [-0.2, 0) is 9.59 Å². The lowest BCUT2D eigenvalue weighted by molar-refractivity contribution is -0.139. The average molecular weight is 281 g/mol. The molecule has 0 aliphatic carbocycles. The fourth-order valence-electron chi connectivity index (χ4n) is 0.578. The van der Waals surface area contributed by atoms with Gasteiger partial charge in [0.25, 0.3) is 0 Å². The first-order chi connectivity index (χ1) is 7.77. The summed E-state index contributed by atoms with van der Waals surface area (Å²) in [7, 11) is 0. The summed E-state index contributed by atoms with van der Waals surface area (Å²) in [5.74, 6) is -1.76. The van der Waals surface area contributed by atoms with Gasteiger partial charge in [-0.1, -0.05) is 13.8 Å². The standard InChI is InChI=1S/C5H11NO2.C5H8O2S2/c1-3(2)4(6)5(7)8;1-8-3-4(9-2)5(6)7/h3-4H,6H2,1-2H3,(H,7,8);3H,1-2H3,(H,6,7)/b;4-3+/t4-;/m0./s1. The van der Waals surface area contributed by atoms with Gasteiger partial charge in [-0.3, -0.25) is 4.79 Å². The van der Waals surface area contributed by atoms with E-state index in [1.54, 1.807) is 25.5 Å². The Morgan fingerprint density at radius 1 is 1.24 bits per heavy atom. The predicted octanol–water partition coefficient (Wildman–Crippen LogP) is 1.69. The van der Waals surface area contributed by atoms with E-state index in [0.717, 1.165) is 0 Å². The lowest BCUT2D eigenvalue weighted by Gasteiger charge is -2.07. The van der Waals surface area contributed by atoms with Crippen LogP contribution in [0.4, 0.5) is 0 Å². The third-order valence-electron chi connectivity index (χ3n) is 1.66. The summed E-state index contributed by atoms with van der Waals surface area (Å²) >= 11 is 2.64. The Kier molecular flexibility index (Phi) is 11.5. The molecule has 0 fully saturated rings. The lowest BCUT2D eigenvalue weighted by atomic mass is 10.1. The van der Waals surface area contributed by atoms with E-state index < -0.39 is 18.0 Å². The highest BCUT2D eigenvalue weighted by atomic mass is 32.2. The van der Waals surface area contributed by atoms with E-state index >= 15 is 0 Å². The van der Waals surface area contributed by atoms with Crippen molar-refractivity contribution in [1.82, 2.24) is 0 Å². The smallest absolute Gasteiger partial charge is 0.342 e. The average Bonchev–Trinajstić information content (AvgIpc) is 2.24. The number of rotatable bonds is 5. The molecule has 0 heterocycles. The Hall–Kier alpha value is -0.660. The number of carbonyl (C=O) groups is 2. The maximum atomic E-state index is 10.2. The van der Waals surface area contributed by atoms with E-state index in [4.69, 9.17) is 15.9 Å². The van der Waals surface area contributed by atoms with Crippen LogP contribution < -0.4 is 5.73 Å². The Morgan fingerprint density at radius 3 is 1.76 bits per heavy atom. The summed E-state index contributed by atoms with van der Waals surface area (Å²) in [4.78, 5) is 20.6. The highest BCUT2D eigenvalue weighted by Crippen LogP contribution is 2.14. The molecule has 0 aliphatic heterocycles. The summed E-state index contributed by atoms with van der Waals surface area (Å²) in [5, 5.41) is 18.2. The van der Waals surface area contributed by atoms with Gasteiger partial charge in [-0.05, 0) is 23.8 Å². The van der Waals surface area contributed by atoms with Gasteiger partial charge < -0.3 is 15.9 Å². The Labute approximate surface area is 110 Å². The van der Waals surface area contributed by atoms with Gasteiger partial charge in [0.05, 0.1) is 4.91 Å². The molecule has 1 atom stereocenters. The molecule has 0 rings (SSSR count). The van der Waals surface area contributed by atoms with E-state index in [-0.39, 0.29) is 5.92 Å². The van der Waals surface area contributed by atoms with Crippen molar-refractivity contribution in [3.8, 4) is 0 Å².